The lowest BCUT2D eigenvalue weighted by Crippen LogP contribution is -2.20. The molecule has 3 heteroatoms. The van der Waals surface area contributed by atoms with E-state index in [-0.39, 0.29) is 5.82 Å². The Balaban J connectivity index is 1.99. The molecule has 1 fully saturated rings. The van der Waals surface area contributed by atoms with E-state index in [9.17, 15) is 4.39 Å². The van der Waals surface area contributed by atoms with Crippen LogP contribution in [0.5, 0.6) is 0 Å². The molecule has 0 aliphatic carbocycles. The Kier molecular flexibility index (Phi) is 3.98. The Hall–Kier alpha value is -0.410. The monoisotopic (exact) mass is 285 g/mol. The van der Waals surface area contributed by atoms with Crippen molar-refractivity contribution in [1.82, 2.24) is 4.90 Å². The molecule has 1 saturated heterocycles. The van der Waals surface area contributed by atoms with E-state index >= 15 is 0 Å². The van der Waals surface area contributed by atoms with Gasteiger partial charge in [0.05, 0.1) is 0 Å². The summed E-state index contributed by atoms with van der Waals surface area (Å²) in [4.78, 5) is 2.45. The second-order valence-corrected chi connectivity index (χ2v) is 5.39. The van der Waals surface area contributed by atoms with Gasteiger partial charge in [-0.25, -0.2) is 4.39 Å². The largest absolute Gasteiger partial charge is 0.299 e. The summed E-state index contributed by atoms with van der Waals surface area (Å²) in [6, 6.07) is 4.95. The zero-order valence-electron chi connectivity index (χ0n) is 9.55. The summed E-state index contributed by atoms with van der Waals surface area (Å²) in [6.07, 6.45) is 2.57. The molecule has 0 amide bonds. The average Bonchev–Trinajstić information content (AvgIpc) is 2.70. The minimum absolute atomic E-state index is 0.177. The minimum atomic E-state index is -0.177. The zero-order chi connectivity index (χ0) is 11.5. The number of halogens is 2. The molecule has 0 saturated carbocycles. The van der Waals surface area contributed by atoms with Crippen LogP contribution in [0.2, 0.25) is 0 Å². The lowest BCUT2D eigenvalue weighted by atomic mass is 10.1. The Bertz CT molecular complexity index is 367. The molecule has 1 unspecified atom stereocenters. The lowest BCUT2D eigenvalue weighted by Gasteiger charge is -2.16. The third-order valence-corrected chi connectivity index (χ3v) is 4.09. The zero-order valence-corrected chi connectivity index (χ0v) is 11.1. The van der Waals surface area contributed by atoms with E-state index < -0.39 is 0 Å². The summed E-state index contributed by atoms with van der Waals surface area (Å²) < 4.78 is 13.8. The highest BCUT2D eigenvalue weighted by molar-refractivity contribution is 9.10. The smallest absolute Gasteiger partial charge is 0.124 e. The number of nitrogens with zero attached hydrogens (tertiary/aromatic N) is 1. The molecular weight excluding hydrogens is 269 g/mol. The minimum Gasteiger partial charge on any atom is -0.299 e. The molecule has 1 aromatic rings. The van der Waals surface area contributed by atoms with Gasteiger partial charge in [-0.2, -0.15) is 0 Å². The van der Waals surface area contributed by atoms with Gasteiger partial charge in [-0.15, -0.1) is 0 Å². The summed E-state index contributed by atoms with van der Waals surface area (Å²) in [6.45, 7) is 5.53. The van der Waals surface area contributed by atoms with E-state index in [4.69, 9.17) is 0 Å². The Morgan fingerprint density at radius 1 is 1.50 bits per heavy atom. The van der Waals surface area contributed by atoms with E-state index in [1.807, 2.05) is 6.07 Å². The molecular formula is C13H17BrFN. The molecule has 2 rings (SSSR count). The van der Waals surface area contributed by atoms with Crippen LogP contribution in [0, 0.1) is 11.7 Å². The van der Waals surface area contributed by atoms with Crippen LogP contribution in [0.15, 0.2) is 22.7 Å². The van der Waals surface area contributed by atoms with Gasteiger partial charge >= 0.3 is 0 Å². The summed E-state index contributed by atoms with van der Waals surface area (Å²) in [5.41, 5.74) is 1.18. The van der Waals surface area contributed by atoms with Gasteiger partial charge in [0, 0.05) is 17.6 Å². The highest BCUT2D eigenvalue weighted by atomic mass is 79.9. The number of hydrogen-bond acceptors (Lipinski definition) is 1. The number of rotatable bonds is 3. The molecule has 1 aliphatic heterocycles. The molecule has 1 aliphatic rings. The Labute approximate surface area is 105 Å². The van der Waals surface area contributed by atoms with Crippen molar-refractivity contribution in [3.8, 4) is 0 Å². The molecule has 1 atom stereocenters. The fourth-order valence-electron chi connectivity index (χ4n) is 2.28. The van der Waals surface area contributed by atoms with E-state index in [1.165, 1.54) is 37.6 Å². The molecule has 1 nitrogen and oxygen atoms in total. The predicted molar refractivity (Wildman–Crippen MR) is 67.8 cm³/mol. The standard InChI is InChI=1S/C13H17BrFN/c1-2-10-5-6-16(8-10)9-11-3-4-12(15)7-13(11)14/h3-4,7,10H,2,5-6,8-9H2,1H3. The van der Waals surface area contributed by atoms with Crippen molar-refractivity contribution in [2.24, 2.45) is 5.92 Å². The quantitative estimate of drug-likeness (QED) is 0.816. The summed E-state index contributed by atoms with van der Waals surface area (Å²) in [5, 5.41) is 0. The molecule has 0 bridgehead atoms. The first-order chi connectivity index (χ1) is 7.69. The Morgan fingerprint density at radius 3 is 2.94 bits per heavy atom. The van der Waals surface area contributed by atoms with Crippen LogP contribution in [-0.2, 0) is 6.54 Å². The maximum atomic E-state index is 12.9. The van der Waals surface area contributed by atoms with Crippen LogP contribution in [0.4, 0.5) is 4.39 Å². The number of likely N-dealkylation sites (tertiary alicyclic amines) is 1. The summed E-state index contributed by atoms with van der Waals surface area (Å²) in [7, 11) is 0. The molecule has 1 heterocycles. The van der Waals surface area contributed by atoms with Crippen molar-refractivity contribution in [3.63, 3.8) is 0 Å². The van der Waals surface area contributed by atoms with Gasteiger partial charge in [0.15, 0.2) is 0 Å². The van der Waals surface area contributed by atoms with E-state index in [0.29, 0.717) is 0 Å². The van der Waals surface area contributed by atoms with Gasteiger partial charge in [0.2, 0.25) is 0 Å². The van der Waals surface area contributed by atoms with Crippen LogP contribution in [0.1, 0.15) is 25.3 Å². The van der Waals surface area contributed by atoms with Gasteiger partial charge in [-0.1, -0.05) is 35.3 Å². The van der Waals surface area contributed by atoms with Crippen molar-refractivity contribution in [1.29, 1.82) is 0 Å². The van der Waals surface area contributed by atoms with Crippen molar-refractivity contribution in [2.45, 2.75) is 26.3 Å². The Morgan fingerprint density at radius 2 is 2.31 bits per heavy atom. The summed E-state index contributed by atoms with van der Waals surface area (Å²) in [5.74, 6) is 0.669. The third-order valence-electron chi connectivity index (χ3n) is 3.36. The van der Waals surface area contributed by atoms with Crippen LogP contribution in [0.3, 0.4) is 0 Å². The highest BCUT2D eigenvalue weighted by Gasteiger charge is 2.21. The molecule has 88 valence electrons. The number of hydrogen-bond donors (Lipinski definition) is 0. The SMILES string of the molecule is CCC1CCN(Cc2ccc(F)cc2Br)C1. The van der Waals surface area contributed by atoms with Gasteiger partial charge in [0.1, 0.15) is 5.82 Å². The molecule has 0 spiro atoms. The fraction of sp³-hybridized carbons (Fsp3) is 0.538. The molecule has 16 heavy (non-hydrogen) atoms. The first kappa shape index (κ1) is 12.1. The molecule has 0 aromatic heterocycles. The van der Waals surface area contributed by atoms with Crippen LogP contribution < -0.4 is 0 Å². The normalized spacial score (nSPS) is 21.6. The second-order valence-electron chi connectivity index (χ2n) is 4.53. The molecule has 0 radical (unpaired) electrons. The van der Waals surface area contributed by atoms with Crippen molar-refractivity contribution in [2.75, 3.05) is 13.1 Å². The van der Waals surface area contributed by atoms with Crippen LogP contribution in [0.25, 0.3) is 0 Å². The second kappa shape index (κ2) is 5.28. The van der Waals surface area contributed by atoms with E-state index in [2.05, 4.69) is 27.8 Å². The van der Waals surface area contributed by atoms with E-state index in [0.717, 1.165) is 16.9 Å². The highest BCUT2D eigenvalue weighted by Crippen LogP contribution is 2.24. The fourth-order valence-corrected chi connectivity index (χ4v) is 2.76. The van der Waals surface area contributed by atoms with Gasteiger partial charge in [-0.05, 0) is 36.6 Å². The van der Waals surface area contributed by atoms with Gasteiger partial charge in [-0.3, -0.25) is 4.90 Å². The van der Waals surface area contributed by atoms with Crippen molar-refractivity contribution < 1.29 is 4.39 Å². The lowest BCUT2D eigenvalue weighted by molar-refractivity contribution is 0.314. The first-order valence-corrected chi connectivity index (χ1v) is 6.64. The maximum Gasteiger partial charge on any atom is 0.124 e. The van der Waals surface area contributed by atoms with Crippen molar-refractivity contribution in [3.05, 3.63) is 34.1 Å². The topological polar surface area (TPSA) is 3.24 Å². The number of benzene rings is 1. The van der Waals surface area contributed by atoms with Crippen LogP contribution in [-0.4, -0.2) is 18.0 Å². The van der Waals surface area contributed by atoms with Crippen molar-refractivity contribution >= 4 is 15.9 Å². The van der Waals surface area contributed by atoms with Crippen LogP contribution >= 0.6 is 15.9 Å². The maximum absolute atomic E-state index is 12.9. The van der Waals surface area contributed by atoms with Gasteiger partial charge in [0.25, 0.3) is 0 Å². The average molecular weight is 286 g/mol. The first-order valence-electron chi connectivity index (χ1n) is 5.85. The molecule has 0 N–H and O–H groups in total. The van der Waals surface area contributed by atoms with Gasteiger partial charge < -0.3 is 0 Å². The molecule has 1 aromatic carbocycles. The van der Waals surface area contributed by atoms with E-state index in [1.54, 1.807) is 6.07 Å². The third kappa shape index (κ3) is 2.83. The predicted octanol–water partition coefficient (Wildman–Crippen LogP) is 3.82. The summed E-state index contributed by atoms with van der Waals surface area (Å²) >= 11 is 3.42.